The van der Waals surface area contributed by atoms with Crippen molar-refractivity contribution in [1.82, 2.24) is 4.98 Å². The average Bonchev–Trinajstić information content (AvgIpc) is 2.08. The Morgan fingerprint density at radius 2 is 2.31 bits per heavy atom. The molecule has 0 spiro atoms. The topological polar surface area (TPSA) is 12.9 Å². The monoisotopic (exact) mass is 233 g/mol. The van der Waals surface area contributed by atoms with Crippen molar-refractivity contribution in [1.29, 1.82) is 0 Å². The second-order valence-electron chi connectivity index (χ2n) is 2.67. The largest absolute Gasteiger partial charge is 0.259 e. The fraction of sp³-hybridized carbons (Fsp3) is 0.333. The van der Waals surface area contributed by atoms with Gasteiger partial charge in [-0.05, 0) is 12.5 Å². The maximum Gasteiger partial charge on any atom is 0.113 e. The SMILES string of the molecule is CCCc1ncc(Cl)cc1C(=S)Cl. The molecule has 0 amide bonds. The molecule has 0 unspecified atom stereocenters. The predicted octanol–water partition coefficient (Wildman–Crippen LogP) is 3.60. The van der Waals surface area contributed by atoms with Gasteiger partial charge in [-0.2, -0.15) is 0 Å². The van der Waals surface area contributed by atoms with Crippen LogP contribution in [0.4, 0.5) is 0 Å². The minimum absolute atomic E-state index is 0.332. The average molecular weight is 234 g/mol. The van der Waals surface area contributed by atoms with Gasteiger partial charge in [0, 0.05) is 17.5 Å². The highest BCUT2D eigenvalue weighted by molar-refractivity contribution is 7.83. The fourth-order valence-electron chi connectivity index (χ4n) is 1.07. The number of nitrogens with zero attached hydrogens (tertiary/aromatic N) is 1. The summed E-state index contributed by atoms with van der Waals surface area (Å²) in [5.41, 5.74) is 1.71. The van der Waals surface area contributed by atoms with E-state index < -0.39 is 0 Å². The van der Waals surface area contributed by atoms with Crippen molar-refractivity contribution in [2.75, 3.05) is 0 Å². The summed E-state index contributed by atoms with van der Waals surface area (Å²) >= 11 is 16.4. The zero-order chi connectivity index (χ0) is 9.84. The van der Waals surface area contributed by atoms with Gasteiger partial charge in [-0.1, -0.05) is 48.8 Å². The van der Waals surface area contributed by atoms with E-state index in [0.717, 1.165) is 24.1 Å². The van der Waals surface area contributed by atoms with E-state index >= 15 is 0 Å². The lowest BCUT2D eigenvalue weighted by molar-refractivity contribution is 0.881. The van der Waals surface area contributed by atoms with Crippen molar-refractivity contribution >= 4 is 39.7 Å². The van der Waals surface area contributed by atoms with Crippen molar-refractivity contribution in [3.63, 3.8) is 0 Å². The van der Waals surface area contributed by atoms with Crippen LogP contribution in [0.15, 0.2) is 12.3 Å². The first-order valence-corrected chi connectivity index (χ1v) is 5.15. The highest BCUT2D eigenvalue weighted by atomic mass is 35.5. The fourth-order valence-corrected chi connectivity index (χ4v) is 1.57. The van der Waals surface area contributed by atoms with Crippen LogP contribution in [-0.2, 0) is 6.42 Å². The van der Waals surface area contributed by atoms with Crippen LogP contribution in [0.1, 0.15) is 24.6 Å². The third-order valence-corrected chi connectivity index (χ3v) is 2.27. The van der Waals surface area contributed by atoms with Crippen LogP contribution in [0, 0.1) is 0 Å². The molecule has 0 fully saturated rings. The van der Waals surface area contributed by atoms with Crippen LogP contribution in [-0.4, -0.2) is 9.31 Å². The van der Waals surface area contributed by atoms with E-state index in [1.165, 1.54) is 0 Å². The summed E-state index contributed by atoms with van der Waals surface area (Å²) in [6.07, 6.45) is 3.51. The molecule has 70 valence electrons. The zero-order valence-corrected chi connectivity index (χ0v) is 9.51. The summed E-state index contributed by atoms with van der Waals surface area (Å²) in [5, 5.41) is 0.567. The van der Waals surface area contributed by atoms with Gasteiger partial charge in [-0.3, -0.25) is 4.98 Å². The molecule has 1 aromatic heterocycles. The lowest BCUT2D eigenvalue weighted by atomic mass is 10.1. The first kappa shape index (κ1) is 10.9. The Kier molecular flexibility index (Phi) is 4.10. The molecule has 0 aliphatic rings. The van der Waals surface area contributed by atoms with Crippen LogP contribution in [0.25, 0.3) is 0 Å². The molecule has 0 saturated carbocycles. The molecule has 0 N–H and O–H groups in total. The molecule has 1 rings (SSSR count). The minimum atomic E-state index is 0.332. The Balaban J connectivity index is 3.10. The van der Waals surface area contributed by atoms with Gasteiger partial charge in [-0.15, -0.1) is 0 Å². The second-order valence-corrected chi connectivity index (χ2v) is 4.12. The molecular formula is C9H9Cl2NS. The van der Waals surface area contributed by atoms with Crippen LogP contribution in [0.5, 0.6) is 0 Å². The molecule has 1 heterocycles. The lowest BCUT2D eigenvalue weighted by Crippen LogP contribution is -1.99. The minimum Gasteiger partial charge on any atom is -0.259 e. The molecule has 13 heavy (non-hydrogen) atoms. The van der Waals surface area contributed by atoms with Crippen molar-refractivity contribution < 1.29 is 0 Å². The maximum absolute atomic E-state index is 5.78. The number of hydrogen-bond donors (Lipinski definition) is 0. The van der Waals surface area contributed by atoms with E-state index in [9.17, 15) is 0 Å². The number of rotatable bonds is 3. The quantitative estimate of drug-likeness (QED) is 0.585. The van der Waals surface area contributed by atoms with Gasteiger partial charge in [-0.25, -0.2) is 0 Å². The van der Waals surface area contributed by atoms with Crippen molar-refractivity contribution in [3.05, 3.63) is 28.5 Å². The van der Waals surface area contributed by atoms with Crippen LogP contribution < -0.4 is 0 Å². The van der Waals surface area contributed by atoms with Gasteiger partial charge >= 0.3 is 0 Å². The molecular weight excluding hydrogens is 225 g/mol. The van der Waals surface area contributed by atoms with Gasteiger partial charge in [0.25, 0.3) is 0 Å². The van der Waals surface area contributed by atoms with Gasteiger partial charge in [0.15, 0.2) is 0 Å². The molecule has 0 aromatic carbocycles. The van der Waals surface area contributed by atoms with E-state index in [1.54, 1.807) is 12.3 Å². The van der Waals surface area contributed by atoms with Gasteiger partial charge in [0.05, 0.1) is 5.02 Å². The molecule has 0 aliphatic heterocycles. The highest BCUT2D eigenvalue weighted by Crippen LogP contribution is 2.17. The summed E-state index contributed by atoms with van der Waals surface area (Å²) < 4.78 is 0.332. The molecule has 0 radical (unpaired) electrons. The lowest BCUT2D eigenvalue weighted by Gasteiger charge is -2.04. The number of pyridine rings is 1. The number of halogens is 2. The number of aryl methyl sites for hydroxylation is 1. The molecule has 0 atom stereocenters. The maximum atomic E-state index is 5.78. The van der Waals surface area contributed by atoms with Crippen molar-refractivity contribution in [3.8, 4) is 0 Å². The second kappa shape index (κ2) is 4.89. The summed E-state index contributed by atoms with van der Waals surface area (Å²) in [7, 11) is 0. The Bertz CT molecular complexity index is 325. The Morgan fingerprint density at radius 3 is 2.85 bits per heavy atom. The van der Waals surface area contributed by atoms with E-state index in [1.807, 2.05) is 0 Å². The molecule has 0 saturated heterocycles. The normalized spacial score (nSPS) is 10.1. The molecule has 0 aliphatic carbocycles. The van der Waals surface area contributed by atoms with E-state index in [0.29, 0.717) is 9.35 Å². The van der Waals surface area contributed by atoms with Gasteiger partial charge in [0.1, 0.15) is 4.32 Å². The standard InChI is InChI=1S/C9H9Cl2NS/c1-2-3-8-7(9(11)13)4-6(10)5-12-8/h4-5H,2-3H2,1H3. The summed E-state index contributed by atoms with van der Waals surface area (Å²) in [6, 6.07) is 1.76. The first-order valence-electron chi connectivity index (χ1n) is 3.99. The molecule has 0 bridgehead atoms. The van der Waals surface area contributed by atoms with Gasteiger partial charge in [0.2, 0.25) is 0 Å². The number of aromatic nitrogens is 1. The summed E-state index contributed by atoms with van der Waals surface area (Å²) in [5.74, 6) is 0. The predicted molar refractivity (Wildman–Crippen MR) is 60.8 cm³/mol. The molecule has 1 nitrogen and oxygen atoms in total. The first-order chi connectivity index (χ1) is 6.15. The van der Waals surface area contributed by atoms with E-state index in [-0.39, 0.29) is 0 Å². The number of thiocarbonyl (C=S) groups is 1. The van der Waals surface area contributed by atoms with Crippen LogP contribution in [0.3, 0.4) is 0 Å². The summed E-state index contributed by atoms with van der Waals surface area (Å²) in [4.78, 5) is 4.19. The Hall–Kier alpha value is -0.180. The van der Waals surface area contributed by atoms with Crippen molar-refractivity contribution in [2.45, 2.75) is 19.8 Å². The molecule has 4 heteroatoms. The molecule has 1 aromatic rings. The Morgan fingerprint density at radius 1 is 1.62 bits per heavy atom. The highest BCUT2D eigenvalue weighted by Gasteiger charge is 2.07. The Labute approximate surface area is 93.1 Å². The van der Waals surface area contributed by atoms with Crippen LogP contribution >= 0.6 is 35.4 Å². The van der Waals surface area contributed by atoms with E-state index in [4.69, 9.17) is 35.4 Å². The third kappa shape index (κ3) is 2.90. The van der Waals surface area contributed by atoms with Crippen molar-refractivity contribution in [2.24, 2.45) is 0 Å². The zero-order valence-electron chi connectivity index (χ0n) is 7.18. The van der Waals surface area contributed by atoms with Gasteiger partial charge < -0.3 is 0 Å². The van der Waals surface area contributed by atoms with Crippen LogP contribution in [0.2, 0.25) is 5.02 Å². The number of hydrogen-bond acceptors (Lipinski definition) is 2. The third-order valence-electron chi connectivity index (χ3n) is 1.64. The van der Waals surface area contributed by atoms with E-state index in [2.05, 4.69) is 11.9 Å². The summed E-state index contributed by atoms with van der Waals surface area (Å²) in [6.45, 7) is 2.08. The smallest absolute Gasteiger partial charge is 0.113 e.